The summed E-state index contributed by atoms with van der Waals surface area (Å²) in [5.74, 6) is -4.30. The number of aliphatic hydroxyl groups is 1. The van der Waals surface area contributed by atoms with E-state index in [0.717, 1.165) is 41.7 Å². The van der Waals surface area contributed by atoms with Crippen molar-refractivity contribution in [2.75, 3.05) is 5.01 Å². The number of amides is 3. The third-order valence-corrected chi connectivity index (χ3v) is 7.47. The highest BCUT2D eigenvalue weighted by atomic mass is 19.1. The zero-order valence-electron chi connectivity index (χ0n) is 22.2. The van der Waals surface area contributed by atoms with E-state index in [9.17, 15) is 28.3 Å². The molecule has 0 bridgehead atoms. The number of benzene rings is 3. The first-order valence-corrected chi connectivity index (χ1v) is 13.4. The third kappa shape index (κ3) is 5.60. The van der Waals surface area contributed by atoms with E-state index in [2.05, 4.69) is 10.7 Å². The van der Waals surface area contributed by atoms with Crippen LogP contribution in [0.4, 0.5) is 14.5 Å². The molecule has 1 fully saturated rings. The number of hydrogen-bond acceptors (Lipinski definition) is 4. The van der Waals surface area contributed by atoms with Gasteiger partial charge < -0.3 is 10.4 Å². The van der Waals surface area contributed by atoms with Crippen LogP contribution in [0.2, 0.25) is 0 Å². The molecule has 1 aliphatic heterocycles. The molecular weight excluding hydrogens is 516 g/mol. The molecule has 3 aromatic carbocycles. The molecule has 7 nitrogen and oxygen atoms in total. The number of aliphatic hydroxyl groups excluding tert-OH is 1. The normalized spacial score (nSPS) is 17.9. The van der Waals surface area contributed by atoms with E-state index in [-0.39, 0.29) is 11.5 Å². The van der Waals surface area contributed by atoms with Gasteiger partial charge in [-0.1, -0.05) is 69.2 Å². The van der Waals surface area contributed by atoms with Gasteiger partial charge in [0.2, 0.25) is 0 Å². The molecule has 0 spiro atoms. The van der Waals surface area contributed by atoms with Crippen LogP contribution in [0, 0.1) is 23.5 Å². The first-order valence-electron chi connectivity index (χ1n) is 13.4. The first kappa shape index (κ1) is 27.5. The SMILES string of the molecule is CC(C)[C@H](NC(=O)[C@@H](O)c1cc(F)cc(F)c1)C(=O)NN1C(=O)C(CC2CC2)c2ccccc2-c2ccccc21. The second-order valence-electron chi connectivity index (χ2n) is 10.8. The average Bonchev–Trinajstić information content (AvgIpc) is 3.76. The summed E-state index contributed by atoms with van der Waals surface area (Å²) in [6, 6.07) is 16.2. The van der Waals surface area contributed by atoms with Crippen LogP contribution in [0.1, 0.15) is 56.3 Å². The van der Waals surface area contributed by atoms with Gasteiger partial charge in [-0.15, -0.1) is 0 Å². The van der Waals surface area contributed by atoms with Crippen LogP contribution in [-0.2, 0) is 14.4 Å². The minimum Gasteiger partial charge on any atom is -0.378 e. The van der Waals surface area contributed by atoms with Gasteiger partial charge in [0.05, 0.1) is 11.6 Å². The van der Waals surface area contributed by atoms with E-state index in [0.29, 0.717) is 24.1 Å². The Morgan fingerprint density at radius 2 is 1.57 bits per heavy atom. The van der Waals surface area contributed by atoms with E-state index >= 15 is 0 Å². The summed E-state index contributed by atoms with van der Waals surface area (Å²) in [7, 11) is 0. The second-order valence-corrected chi connectivity index (χ2v) is 10.8. The van der Waals surface area contributed by atoms with Gasteiger partial charge in [-0.05, 0) is 53.1 Å². The molecule has 1 unspecified atom stereocenters. The summed E-state index contributed by atoms with van der Waals surface area (Å²) < 4.78 is 27.3. The number of hydrazine groups is 1. The maximum atomic E-state index is 14.1. The van der Waals surface area contributed by atoms with Gasteiger partial charge in [-0.3, -0.25) is 19.8 Å². The van der Waals surface area contributed by atoms with Crippen molar-refractivity contribution in [1.82, 2.24) is 10.7 Å². The Labute approximate surface area is 231 Å². The van der Waals surface area contributed by atoms with Crippen LogP contribution < -0.4 is 15.8 Å². The van der Waals surface area contributed by atoms with Crippen molar-refractivity contribution >= 4 is 23.4 Å². The van der Waals surface area contributed by atoms with Crippen molar-refractivity contribution < 1.29 is 28.3 Å². The monoisotopic (exact) mass is 547 g/mol. The van der Waals surface area contributed by atoms with E-state index < -0.39 is 47.4 Å². The molecule has 208 valence electrons. The Balaban J connectivity index is 1.43. The molecule has 1 heterocycles. The predicted octanol–water partition coefficient (Wildman–Crippen LogP) is 4.77. The summed E-state index contributed by atoms with van der Waals surface area (Å²) in [6.45, 7) is 3.39. The lowest BCUT2D eigenvalue weighted by Gasteiger charge is -2.30. The van der Waals surface area contributed by atoms with Crippen molar-refractivity contribution in [3.63, 3.8) is 0 Å². The lowest BCUT2D eigenvalue weighted by molar-refractivity contribution is -0.135. The molecule has 2 aliphatic rings. The Kier molecular flexibility index (Phi) is 7.67. The van der Waals surface area contributed by atoms with Crippen molar-refractivity contribution in [1.29, 1.82) is 0 Å². The average molecular weight is 548 g/mol. The molecule has 0 radical (unpaired) electrons. The standard InChI is InChI=1S/C31H31F2N3O4/c1-17(2)27(34-30(39)28(37)19-14-20(32)16-21(33)15-19)29(38)35-36-26-10-6-5-9-24(26)22-7-3-4-8-23(22)25(31(36)40)13-18-11-12-18/h3-10,14-18,25,27-28,37H,11-13H2,1-2H3,(H,34,39)(H,35,38)/t25?,27-,28-/m0/s1. The molecule has 0 aromatic heterocycles. The number of nitrogens with one attached hydrogen (secondary N) is 2. The highest BCUT2D eigenvalue weighted by molar-refractivity contribution is 6.07. The van der Waals surface area contributed by atoms with Crippen molar-refractivity contribution in [3.05, 3.63) is 89.5 Å². The number of carbonyl (C=O) groups excluding carboxylic acids is 3. The topological polar surface area (TPSA) is 98.7 Å². The summed E-state index contributed by atoms with van der Waals surface area (Å²) in [6.07, 6.45) is 0.878. The van der Waals surface area contributed by atoms with Gasteiger partial charge in [0.25, 0.3) is 17.7 Å². The van der Waals surface area contributed by atoms with Gasteiger partial charge in [-0.2, -0.15) is 0 Å². The lowest BCUT2D eigenvalue weighted by atomic mass is 9.88. The fraction of sp³-hybridized carbons (Fsp3) is 0.323. The fourth-order valence-corrected chi connectivity index (χ4v) is 5.21. The Morgan fingerprint density at radius 1 is 0.950 bits per heavy atom. The molecule has 1 aliphatic carbocycles. The van der Waals surface area contributed by atoms with E-state index in [1.54, 1.807) is 26.0 Å². The van der Waals surface area contributed by atoms with Gasteiger partial charge >= 0.3 is 0 Å². The number of carbonyl (C=O) groups is 3. The fourth-order valence-electron chi connectivity index (χ4n) is 5.21. The van der Waals surface area contributed by atoms with Crippen LogP contribution >= 0.6 is 0 Å². The molecule has 3 atom stereocenters. The quantitative estimate of drug-likeness (QED) is 0.379. The number of halogens is 2. The number of nitrogens with zero attached hydrogens (tertiary/aromatic N) is 1. The van der Waals surface area contributed by atoms with Crippen LogP contribution in [0.25, 0.3) is 11.1 Å². The molecular formula is C31H31F2N3O4. The summed E-state index contributed by atoms with van der Waals surface area (Å²) in [5, 5.41) is 14.2. The number of anilines is 1. The highest BCUT2D eigenvalue weighted by Gasteiger charge is 2.39. The van der Waals surface area contributed by atoms with Gasteiger partial charge in [0, 0.05) is 11.6 Å². The van der Waals surface area contributed by atoms with Gasteiger partial charge in [0.15, 0.2) is 6.10 Å². The molecule has 0 saturated heterocycles. The minimum atomic E-state index is -1.91. The molecule has 1 saturated carbocycles. The van der Waals surface area contributed by atoms with Gasteiger partial charge in [-0.25, -0.2) is 13.8 Å². The zero-order valence-corrected chi connectivity index (χ0v) is 22.2. The first-order chi connectivity index (χ1) is 19.1. The highest BCUT2D eigenvalue weighted by Crippen LogP contribution is 2.46. The molecule has 5 rings (SSSR count). The van der Waals surface area contributed by atoms with Crippen molar-refractivity contribution in [2.24, 2.45) is 11.8 Å². The summed E-state index contributed by atoms with van der Waals surface area (Å²) in [5.41, 5.74) is 5.58. The van der Waals surface area contributed by atoms with Crippen LogP contribution in [-0.4, -0.2) is 28.9 Å². The van der Waals surface area contributed by atoms with E-state index in [1.807, 2.05) is 36.4 Å². The number of para-hydroxylation sites is 1. The summed E-state index contributed by atoms with van der Waals surface area (Å²) in [4.78, 5) is 40.5. The molecule has 3 aromatic rings. The number of fused-ring (bicyclic) bond motifs is 3. The molecule has 3 amide bonds. The Morgan fingerprint density at radius 3 is 2.23 bits per heavy atom. The summed E-state index contributed by atoms with van der Waals surface area (Å²) >= 11 is 0. The molecule has 40 heavy (non-hydrogen) atoms. The predicted molar refractivity (Wildman–Crippen MR) is 146 cm³/mol. The minimum absolute atomic E-state index is 0.276. The zero-order chi connectivity index (χ0) is 28.6. The van der Waals surface area contributed by atoms with Crippen LogP contribution in [0.3, 0.4) is 0 Å². The van der Waals surface area contributed by atoms with E-state index in [4.69, 9.17) is 0 Å². The number of rotatable bonds is 8. The van der Waals surface area contributed by atoms with Crippen molar-refractivity contribution in [3.8, 4) is 11.1 Å². The van der Waals surface area contributed by atoms with Crippen LogP contribution in [0.5, 0.6) is 0 Å². The third-order valence-electron chi connectivity index (χ3n) is 7.47. The lowest BCUT2D eigenvalue weighted by Crippen LogP contribution is -2.57. The van der Waals surface area contributed by atoms with Crippen LogP contribution in [0.15, 0.2) is 66.7 Å². The van der Waals surface area contributed by atoms with Crippen molar-refractivity contribution in [2.45, 2.75) is 51.2 Å². The molecule has 3 N–H and O–H groups in total. The van der Waals surface area contributed by atoms with Gasteiger partial charge in [0.1, 0.15) is 17.7 Å². The van der Waals surface area contributed by atoms with E-state index in [1.165, 1.54) is 5.01 Å². The maximum Gasteiger partial charge on any atom is 0.261 e. The smallest absolute Gasteiger partial charge is 0.261 e. The second kappa shape index (κ2) is 11.2. The number of hydrogen-bond donors (Lipinski definition) is 3. The molecule has 9 heteroatoms. The Bertz CT molecular complexity index is 1440. The largest absolute Gasteiger partial charge is 0.378 e. The Hall–Kier alpha value is -4.11. The maximum absolute atomic E-state index is 14.1.